The van der Waals surface area contributed by atoms with Crippen molar-refractivity contribution < 1.29 is 14.6 Å². The molecule has 3 aliphatic rings. The molecule has 0 bridgehead atoms. The molecule has 6 heteroatoms. The number of fused-ring (bicyclic) bond motifs is 1. The molecule has 0 radical (unpaired) electrons. The van der Waals surface area contributed by atoms with E-state index in [0.29, 0.717) is 18.9 Å². The molecule has 2 fully saturated rings. The lowest BCUT2D eigenvalue weighted by molar-refractivity contribution is -0.141. The summed E-state index contributed by atoms with van der Waals surface area (Å²) in [6, 6.07) is 8.93. The van der Waals surface area contributed by atoms with Gasteiger partial charge in [0.2, 0.25) is 0 Å². The number of ether oxygens (including phenoxy) is 1. The van der Waals surface area contributed by atoms with E-state index in [4.69, 9.17) is 9.84 Å². The van der Waals surface area contributed by atoms with E-state index in [0.717, 1.165) is 45.8 Å². The van der Waals surface area contributed by atoms with Crippen LogP contribution in [-0.4, -0.2) is 46.2 Å². The predicted octanol–water partition coefficient (Wildman–Crippen LogP) is 4.01. The number of hydrogen-bond donors (Lipinski definition) is 1. The SMILES string of the molecule is O=C(O)C1Cc2nc(-c3ccc(O[C@H]4C[C@H](N5CCCCC5)C4)cc3)sc2C1. The summed E-state index contributed by atoms with van der Waals surface area (Å²) in [5, 5.41) is 10.1. The number of likely N-dealkylation sites (tertiary alicyclic amines) is 1. The van der Waals surface area contributed by atoms with Crippen LogP contribution in [0, 0.1) is 5.92 Å². The van der Waals surface area contributed by atoms with Crippen molar-refractivity contribution >= 4 is 17.3 Å². The number of carboxylic acids is 1. The Morgan fingerprint density at radius 2 is 1.86 bits per heavy atom. The van der Waals surface area contributed by atoms with Gasteiger partial charge in [0.05, 0.1) is 11.6 Å². The van der Waals surface area contributed by atoms with Crippen LogP contribution in [0.3, 0.4) is 0 Å². The summed E-state index contributed by atoms with van der Waals surface area (Å²) in [6.45, 7) is 2.52. The Labute approximate surface area is 169 Å². The van der Waals surface area contributed by atoms with Crippen molar-refractivity contribution in [2.24, 2.45) is 5.92 Å². The van der Waals surface area contributed by atoms with E-state index < -0.39 is 5.97 Å². The first-order chi connectivity index (χ1) is 13.7. The maximum Gasteiger partial charge on any atom is 0.307 e. The molecule has 2 aliphatic carbocycles. The van der Waals surface area contributed by atoms with Gasteiger partial charge in [-0.05, 0) is 56.6 Å². The van der Waals surface area contributed by atoms with Gasteiger partial charge in [0.15, 0.2) is 0 Å². The zero-order chi connectivity index (χ0) is 19.1. The van der Waals surface area contributed by atoms with Gasteiger partial charge < -0.3 is 14.7 Å². The molecular formula is C22H26N2O3S. The maximum absolute atomic E-state index is 11.1. The van der Waals surface area contributed by atoms with Gasteiger partial charge in [-0.3, -0.25) is 4.79 Å². The minimum Gasteiger partial charge on any atom is -0.490 e. The van der Waals surface area contributed by atoms with Crippen LogP contribution in [0.4, 0.5) is 0 Å². The smallest absolute Gasteiger partial charge is 0.307 e. The van der Waals surface area contributed by atoms with Gasteiger partial charge in [0.1, 0.15) is 16.9 Å². The fourth-order valence-corrected chi connectivity index (χ4v) is 5.79. The zero-order valence-electron chi connectivity index (χ0n) is 16.0. The minimum absolute atomic E-state index is 0.296. The summed E-state index contributed by atoms with van der Waals surface area (Å²) < 4.78 is 6.15. The van der Waals surface area contributed by atoms with Crippen molar-refractivity contribution in [2.45, 2.75) is 57.1 Å². The van der Waals surface area contributed by atoms with Crippen LogP contribution in [0.15, 0.2) is 24.3 Å². The average Bonchev–Trinajstić information content (AvgIpc) is 3.25. The number of hydrogen-bond acceptors (Lipinski definition) is 5. The van der Waals surface area contributed by atoms with E-state index in [1.54, 1.807) is 11.3 Å². The topological polar surface area (TPSA) is 62.7 Å². The lowest BCUT2D eigenvalue weighted by Gasteiger charge is -2.44. The van der Waals surface area contributed by atoms with E-state index in [1.807, 2.05) is 12.1 Å². The van der Waals surface area contributed by atoms with E-state index in [2.05, 4.69) is 22.0 Å². The molecule has 0 amide bonds. The fourth-order valence-electron chi connectivity index (χ4n) is 4.61. The predicted molar refractivity (Wildman–Crippen MR) is 109 cm³/mol. The molecule has 5 rings (SSSR count). The third-order valence-electron chi connectivity index (χ3n) is 6.38. The Hall–Kier alpha value is -1.92. The Balaban J connectivity index is 1.16. The van der Waals surface area contributed by atoms with Crippen molar-refractivity contribution in [3.63, 3.8) is 0 Å². The number of carbonyl (C=O) groups is 1. The number of thiazole rings is 1. The lowest BCUT2D eigenvalue weighted by atomic mass is 9.86. The molecule has 1 unspecified atom stereocenters. The second kappa shape index (κ2) is 7.48. The third-order valence-corrected chi connectivity index (χ3v) is 7.55. The standard InChI is InChI=1S/C22H26N2O3S/c25-22(26)15-10-19-20(11-15)28-21(23-19)14-4-6-17(7-5-14)27-18-12-16(13-18)24-8-2-1-3-9-24/h4-7,15-16,18H,1-3,8-13H2,(H,25,26)/t15?,16-,18-. The normalized spacial score (nSPS) is 27.2. The lowest BCUT2D eigenvalue weighted by Crippen LogP contribution is -2.50. The summed E-state index contributed by atoms with van der Waals surface area (Å²) in [5.74, 6) is -0.0810. The van der Waals surface area contributed by atoms with Crippen molar-refractivity contribution in [2.75, 3.05) is 13.1 Å². The number of piperidine rings is 1. The number of benzene rings is 1. The van der Waals surface area contributed by atoms with Gasteiger partial charge in [-0.25, -0.2) is 4.98 Å². The largest absolute Gasteiger partial charge is 0.490 e. The molecule has 1 saturated heterocycles. The Kier molecular flexibility index (Phi) is 4.85. The van der Waals surface area contributed by atoms with Crippen LogP contribution in [0.25, 0.3) is 10.6 Å². The molecule has 28 heavy (non-hydrogen) atoms. The maximum atomic E-state index is 11.1. The van der Waals surface area contributed by atoms with Crippen molar-refractivity contribution in [1.29, 1.82) is 0 Å². The summed E-state index contributed by atoms with van der Waals surface area (Å²) in [7, 11) is 0. The highest BCUT2D eigenvalue weighted by Crippen LogP contribution is 2.37. The fraction of sp³-hybridized carbons (Fsp3) is 0.545. The molecule has 1 aromatic heterocycles. The van der Waals surface area contributed by atoms with Crippen molar-refractivity contribution in [3.05, 3.63) is 34.8 Å². The molecule has 1 atom stereocenters. The van der Waals surface area contributed by atoms with Crippen LogP contribution >= 0.6 is 11.3 Å². The van der Waals surface area contributed by atoms with E-state index >= 15 is 0 Å². The Morgan fingerprint density at radius 3 is 2.54 bits per heavy atom. The third kappa shape index (κ3) is 3.55. The van der Waals surface area contributed by atoms with Gasteiger partial charge >= 0.3 is 5.97 Å². The zero-order valence-corrected chi connectivity index (χ0v) is 16.8. The second-order valence-corrected chi connectivity index (χ2v) is 9.40. The quantitative estimate of drug-likeness (QED) is 0.825. The number of rotatable bonds is 5. The molecule has 1 saturated carbocycles. The summed E-state index contributed by atoms with van der Waals surface area (Å²) in [5.41, 5.74) is 2.05. The van der Waals surface area contributed by atoms with E-state index in [-0.39, 0.29) is 5.92 Å². The van der Waals surface area contributed by atoms with Gasteiger partial charge in [0.25, 0.3) is 0 Å². The molecule has 5 nitrogen and oxygen atoms in total. The van der Waals surface area contributed by atoms with Crippen LogP contribution in [-0.2, 0) is 17.6 Å². The van der Waals surface area contributed by atoms with Crippen molar-refractivity contribution in [3.8, 4) is 16.3 Å². The number of aliphatic carboxylic acids is 1. The Morgan fingerprint density at radius 1 is 1.11 bits per heavy atom. The molecule has 2 heterocycles. The van der Waals surface area contributed by atoms with E-state index in [1.165, 1.54) is 32.4 Å². The summed E-state index contributed by atoms with van der Waals surface area (Å²) >= 11 is 1.63. The first-order valence-corrected chi connectivity index (χ1v) is 11.2. The van der Waals surface area contributed by atoms with Gasteiger partial charge in [-0.15, -0.1) is 11.3 Å². The highest BCUT2D eigenvalue weighted by molar-refractivity contribution is 7.15. The Bertz CT molecular complexity index is 828. The summed E-state index contributed by atoms with van der Waals surface area (Å²) in [4.78, 5) is 19.6. The van der Waals surface area contributed by atoms with Crippen molar-refractivity contribution in [1.82, 2.24) is 9.88 Å². The molecule has 1 N–H and O–H groups in total. The van der Waals surface area contributed by atoms with Gasteiger partial charge in [-0.1, -0.05) is 6.42 Å². The molecule has 0 spiro atoms. The highest BCUT2D eigenvalue weighted by atomic mass is 32.1. The molecular weight excluding hydrogens is 372 g/mol. The first-order valence-electron chi connectivity index (χ1n) is 10.4. The monoisotopic (exact) mass is 398 g/mol. The number of aromatic nitrogens is 1. The summed E-state index contributed by atoms with van der Waals surface area (Å²) in [6.07, 6.45) is 7.89. The van der Waals surface area contributed by atoms with Crippen LogP contribution in [0.2, 0.25) is 0 Å². The second-order valence-electron chi connectivity index (χ2n) is 8.32. The molecule has 2 aromatic rings. The van der Waals surface area contributed by atoms with Crippen LogP contribution in [0.1, 0.15) is 42.7 Å². The highest BCUT2D eigenvalue weighted by Gasteiger charge is 2.35. The number of nitrogens with zero attached hydrogens (tertiary/aromatic N) is 2. The van der Waals surface area contributed by atoms with Crippen LogP contribution in [0.5, 0.6) is 5.75 Å². The first kappa shape index (κ1) is 18.1. The molecule has 1 aromatic carbocycles. The van der Waals surface area contributed by atoms with Gasteiger partial charge in [-0.2, -0.15) is 0 Å². The average molecular weight is 399 g/mol. The van der Waals surface area contributed by atoms with Crippen LogP contribution < -0.4 is 4.74 Å². The number of carboxylic acid groups (broad SMARTS) is 1. The molecule has 1 aliphatic heterocycles. The minimum atomic E-state index is -0.716. The van der Waals surface area contributed by atoms with Gasteiger partial charge in [0, 0.05) is 35.7 Å². The van der Waals surface area contributed by atoms with E-state index in [9.17, 15) is 4.79 Å². The molecule has 148 valence electrons.